The zero-order valence-corrected chi connectivity index (χ0v) is 9.77. The topological polar surface area (TPSA) is 45.1 Å². The van der Waals surface area contributed by atoms with Crippen LogP contribution in [0.15, 0.2) is 23.0 Å². The summed E-state index contributed by atoms with van der Waals surface area (Å²) < 4.78 is 0. The molecule has 0 bridgehead atoms. The van der Waals surface area contributed by atoms with E-state index in [9.17, 15) is 0 Å². The van der Waals surface area contributed by atoms with Gasteiger partial charge >= 0.3 is 0 Å². The second-order valence-electron chi connectivity index (χ2n) is 3.04. The number of hydrogen-bond acceptors (Lipinski definition) is 5. The van der Waals surface area contributed by atoms with Gasteiger partial charge in [-0.1, -0.05) is 0 Å². The molecule has 2 heterocycles. The highest BCUT2D eigenvalue weighted by molar-refractivity contribution is 7.15. The molecule has 2 aromatic heterocycles. The number of thiophene rings is 1. The van der Waals surface area contributed by atoms with E-state index in [-0.39, 0.29) is 6.61 Å². The molecule has 0 atom stereocenters. The van der Waals surface area contributed by atoms with Gasteiger partial charge in [0.25, 0.3) is 0 Å². The van der Waals surface area contributed by atoms with E-state index >= 15 is 0 Å². The normalized spacial score (nSPS) is 10.7. The Balaban J connectivity index is 1.98. The van der Waals surface area contributed by atoms with Crippen molar-refractivity contribution in [2.75, 3.05) is 13.2 Å². The Morgan fingerprint density at radius 1 is 1.47 bits per heavy atom. The van der Waals surface area contributed by atoms with E-state index in [1.165, 1.54) is 10.4 Å². The van der Waals surface area contributed by atoms with Crippen LogP contribution in [0.3, 0.4) is 0 Å². The Labute approximate surface area is 96.4 Å². The summed E-state index contributed by atoms with van der Waals surface area (Å²) in [5.74, 6) is 0. The van der Waals surface area contributed by atoms with Crippen LogP contribution in [0.4, 0.5) is 0 Å². The van der Waals surface area contributed by atoms with Gasteiger partial charge in [0.15, 0.2) is 0 Å². The summed E-state index contributed by atoms with van der Waals surface area (Å²) in [6, 6.07) is 2.08. The molecule has 2 aromatic rings. The summed E-state index contributed by atoms with van der Waals surface area (Å²) in [5, 5.41) is 17.0. The molecular weight excluding hydrogens is 228 g/mol. The lowest BCUT2D eigenvalue weighted by Crippen LogP contribution is -2.16. The highest BCUT2D eigenvalue weighted by atomic mass is 32.1. The van der Waals surface area contributed by atoms with E-state index in [0.717, 1.165) is 11.6 Å². The summed E-state index contributed by atoms with van der Waals surface area (Å²) in [7, 11) is 0. The van der Waals surface area contributed by atoms with Crippen molar-refractivity contribution in [3.63, 3.8) is 0 Å². The molecule has 0 spiro atoms. The number of thiazole rings is 1. The monoisotopic (exact) mass is 240 g/mol. The fourth-order valence-corrected chi connectivity index (χ4v) is 2.79. The standard InChI is InChI=1S/C10H12N2OS2/c13-3-2-11-5-9-6-12-10(15-9)8-1-4-14-7-8/h1,4,6-7,11,13H,2-3,5H2. The zero-order valence-electron chi connectivity index (χ0n) is 8.14. The molecule has 0 amide bonds. The van der Waals surface area contributed by atoms with Crippen molar-refractivity contribution in [1.82, 2.24) is 10.3 Å². The molecule has 0 fully saturated rings. The average molecular weight is 240 g/mol. The Kier molecular flexibility index (Phi) is 3.85. The predicted molar refractivity (Wildman–Crippen MR) is 64.2 cm³/mol. The van der Waals surface area contributed by atoms with Crippen molar-refractivity contribution in [1.29, 1.82) is 0 Å². The van der Waals surface area contributed by atoms with E-state index in [0.29, 0.717) is 6.54 Å². The van der Waals surface area contributed by atoms with Crippen LogP contribution in [0.2, 0.25) is 0 Å². The Morgan fingerprint density at radius 3 is 3.13 bits per heavy atom. The number of nitrogens with one attached hydrogen (secondary N) is 1. The van der Waals surface area contributed by atoms with E-state index < -0.39 is 0 Å². The molecule has 15 heavy (non-hydrogen) atoms. The summed E-state index contributed by atoms with van der Waals surface area (Å²) in [6.07, 6.45) is 1.89. The Hall–Kier alpha value is -0.750. The summed E-state index contributed by atoms with van der Waals surface area (Å²) >= 11 is 3.38. The van der Waals surface area contributed by atoms with E-state index in [2.05, 4.69) is 27.1 Å². The van der Waals surface area contributed by atoms with Gasteiger partial charge < -0.3 is 10.4 Å². The third-order valence-corrected chi connectivity index (χ3v) is 3.64. The maximum atomic E-state index is 8.63. The smallest absolute Gasteiger partial charge is 0.124 e. The molecule has 0 radical (unpaired) electrons. The molecule has 2 N–H and O–H groups in total. The van der Waals surface area contributed by atoms with Crippen LogP contribution in [0.25, 0.3) is 10.6 Å². The lowest BCUT2D eigenvalue weighted by atomic mass is 10.4. The van der Waals surface area contributed by atoms with Crippen LogP contribution < -0.4 is 5.32 Å². The number of hydrogen-bond donors (Lipinski definition) is 2. The Morgan fingerprint density at radius 2 is 2.40 bits per heavy atom. The van der Waals surface area contributed by atoms with Gasteiger partial charge in [-0.05, 0) is 11.4 Å². The van der Waals surface area contributed by atoms with Crippen LogP contribution in [0.1, 0.15) is 4.88 Å². The summed E-state index contributed by atoms with van der Waals surface area (Å²) in [4.78, 5) is 5.56. The van der Waals surface area contributed by atoms with Crippen LogP contribution in [-0.2, 0) is 6.54 Å². The van der Waals surface area contributed by atoms with Crippen molar-refractivity contribution in [3.05, 3.63) is 27.9 Å². The highest BCUT2D eigenvalue weighted by Gasteiger charge is 2.04. The number of rotatable bonds is 5. The predicted octanol–water partition coefficient (Wildman–Crippen LogP) is 1.95. The molecule has 0 saturated heterocycles. The maximum Gasteiger partial charge on any atom is 0.124 e. The first-order valence-electron chi connectivity index (χ1n) is 4.69. The lowest BCUT2D eigenvalue weighted by Gasteiger charge is -1.97. The van der Waals surface area contributed by atoms with Crippen LogP contribution in [0, 0.1) is 0 Å². The molecule has 0 aliphatic rings. The largest absolute Gasteiger partial charge is 0.395 e. The van der Waals surface area contributed by atoms with Crippen LogP contribution >= 0.6 is 22.7 Å². The minimum absolute atomic E-state index is 0.177. The molecular formula is C10H12N2OS2. The molecule has 0 unspecified atom stereocenters. The Bertz CT molecular complexity index is 397. The van der Waals surface area contributed by atoms with E-state index in [4.69, 9.17) is 5.11 Å². The average Bonchev–Trinajstić information content (AvgIpc) is 2.87. The first-order valence-corrected chi connectivity index (χ1v) is 6.45. The minimum Gasteiger partial charge on any atom is -0.395 e. The third kappa shape index (κ3) is 2.85. The lowest BCUT2D eigenvalue weighted by molar-refractivity contribution is 0.292. The van der Waals surface area contributed by atoms with Gasteiger partial charge in [0.2, 0.25) is 0 Å². The molecule has 3 nitrogen and oxygen atoms in total. The van der Waals surface area contributed by atoms with Crippen molar-refractivity contribution < 1.29 is 5.11 Å². The van der Waals surface area contributed by atoms with Crippen LogP contribution in [-0.4, -0.2) is 23.2 Å². The van der Waals surface area contributed by atoms with Gasteiger partial charge in [-0.3, -0.25) is 0 Å². The van der Waals surface area contributed by atoms with E-state index in [1.54, 1.807) is 22.7 Å². The van der Waals surface area contributed by atoms with E-state index in [1.807, 2.05) is 6.20 Å². The highest BCUT2D eigenvalue weighted by Crippen LogP contribution is 2.26. The molecule has 0 aromatic carbocycles. The maximum absolute atomic E-state index is 8.63. The second-order valence-corrected chi connectivity index (χ2v) is 4.94. The number of aliphatic hydroxyl groups excluding tert-OH is 1. The molecule has 2 rings (SSSR count). The molecule has 80 valence electrons. The van der Waals surface area contributed by atoms with Gasteiger partial charge in [0.05, 0.1) is 6.61 Å². The summed E-state index contributed by atoms with van der Waals surface area (Å²) in [6.45, 7) is 1.59. The van der Waals surface area contributed by atoms with Crippen molar-refractivity contribution in [3.8, 4) is 10.6 Å². The molecule has 5 heteroatoms. The fourth-order valence-electron chi connectivity index (χ4n) is 1.20. The quantitative estimate of drug-likeness (QED) is 0.785. The number of nitrogens with zero attached hydrogens (tertiary/aromatic N) is 1. The van der Waals surface area contributed by atoms with Crippen molar-refractivity contribution >= 4 is 22.7 Å². The first-order chi connectivity index (χ1) is 7.40. The van der Waals surface area contributed by atoms with Crippen LogP contribution in [0.5, 0.6) is 0 Å². The van der Waals surface area contributed by atoms with Gasteiger partial charge in [-0.15, -0.1) is 11.3 Å². The molecule has 0 aliphatic heterocycles. The van der Waals surface area contributed by atoms with Gasteiger partial charge in [0, 0.05) is 35.1 Å². The number of aliphatic hydroxyl groups is 1. The van der Waals surface area contributed by atoms with Gasteiger partial charge in [0.1, 0.15) is 5.01 Å². The SMILES string of the molecule is OCCNCc1cnc(-c2ccsc2)s1. The number of aromatic nitrogens is 1. The van der Waals surface area contributed by atoms with Gasteiger partial charge in [-0.25, -0.2) is 4.98 Å². The van der Waals surface area contributed by atoms with Crippen molar-refractivity contribution in [2.45, 2.75) is 6.54 Å². The second kappa shape index (κ2) is 5.37. The fraction of sp³-hybridized carbons (Fsp3) is 0.300. The van der Waals surface area contributed by atoms with Gasteiger partial charge in [-0.2, -0.15) is 11.3 Å². The zero-order chi connectivity index (χ0) is 10.5. The molecule has 0 saturated carbocycles. The van der Waals surface area contributed by atoms with Crippen molar-refractivity contribution in [2.24, 2.45) is 0 Å². The minimum atomic E-state index is 0.177. The summed E-state index contributed by atoms with van der Waals surface area (Å²) in [5.41, 5.74) is 1.19. The third-order valence-electron chi connectivity index (χ3n) is 1.91. The molecule has 0 aliphatic carbocycles. The first kappa shape index (κ1) is 10.8.